The van der Waals surface area contributed by atoms with Crippen LogP contribution in [0.4, 0.5) is 4.79 Å². The maximum atomic E-state index is 12.6. The van der Waals surface area contributed by atoms with Crippen LogP contribution >= 0.6 is 0 Å². The average molecular weight is 296 g/mol. The number of aliphatic hydroxyl groups is 1. The van der Waals surface area contributed by atoms with Crippen molar-refractivity contribution in [1.29, 1.82) is 0 Å². The van der Waals surface area contributed by atoms with Gasteiger partial charge in [0.2, 0.25) is 0 Å². The van der Waals surface area contributed by atoms with Crippen LogP contribution in [0.3, 0.4) is 0 Å². The predicted molar refractivity (Wildman–Crippen MR) is 75.8 cm³/mol. The molecule has 0 aromatic carbocycles. The van der Waals surface area contributed by atoms with Crippen LogP contribution in [-0.4, -0.2) is 63.8 Å². The summed E-state index contributed by atoms with van der Waals surface area (Å²) in [7, 11) is 0. The van der Waals surface area contributed by atoms with Gasteiger partial charge in [0.1, 0.15) is 6.04 Å². The summed E-state index contributed by atoms with van der Waals surface area (Å²) in [6.45, 7) is 1.61. The molecule has 2 saturated heterocycles. The fourth-order valence-electron chi connectivity index (χ4n) is 4.22. The third-order valence-corrected chi connectivity index (χ3v) is 5.37. The Morgan fingerprint density at radius 2 is 1.71 bits per heavy atom. The lowest BCUT2D eigenvalue weighted by Crippen LogP contribution is -2.52. The van der Waals surface area contributed by atoms with Crippen molar-refractivity contribution in [2.24, 2.45) is 11.8 Å². The summed E-state index contributed by atoms with van der Waals surface area (Å²) in [5, 5.41) is 18.9. The van der Waals surface area contributed by atoms with Gasteiger partial charge in [0, 0.05) is 26.1 Å². The number of likely N-dealkylation sites (tertiary alicyclic amines) is 2. The van der Waals surface area contributed by atoms with Gasteiger partial charge < -0.3 is 20.0 Å². The number of β-amino-alcohol motifs (C(OH)–C–C–N with tert-alkyl or cyclic N) is 1. The van der Waals surface area contributed by atoms with E-state index in [2.05, 4.69) is 0 Å². The summed E-state index contributed by atoms with van der Waals surface area (Å²) < 4.78 is 0. The van der Waals surface area contributed by atoms with E-state index >= 15 is 0 Å². The highest BCUT2D eigenvalue weighted by atomic mass is 16.4. The van der Waals surface area contributed by atoms with E-state index < -0.39 is 18.1 Å². The molecule has 1 saturated carbocycles. The van der Waals surface area contributed by atoms with Gasteiger partial charge in [-0.25, -0.2) is 9.59 Å². The number of amides is 2. The quantitative estimate of drug-likeness (QED) is 0.760. The molecule has 6 nitrogen and oxygen atoms in total. The molecule has 4 atom stereocenters. The van der Waals surface area contributed by atoms with Crippen LogP contribution in [0.1, 0.15) is 38.5 Å². The zero-order chi connectivity index (χ0) is 15.0. The molecule has 2 amide bonds. The van der Waals surface area contributed by atoms with Crippen LogP contribution < -0.4 is 0 Å². The molecule has 21 heavy (non-hydrogen) atoms. The number of hydrogen-bond acceptors (Lipinski definition) is 3. The minimum Gasteiger partial charge on any atom is -0.480 e. The van der Waals surface area contributed by atoms with Crippen molar-refractivity contribution < 1.29 is 19.8 Å². The minimum atomic E-state index is -1.02. The number of piperidine rings is 1. The number of aliphatic hydroxyl groups excluding tert-OH is 1. The molecule has 0 spiro atoms. The number of carbonyl (C=O) groups is 2. The van der Waals surface area contributed by atoms with E-state index in [1.54, 1.807) is 4.90 Å². The van der Waals surface area contributed by atoms with E-state index in [9.17, 15) is 19.8 Å². The molecule has 2 heterocycles. The largest absolute Gasteiger partial charge is 0.480 e. The number of urea groups is 1. The zero-order valence-electron chi connectivity index (χ0n) is 12.3. The van der Waals surface area contributed by atoms with Crippen LogP contribution in [0.25, 0.3) is 0 Å². The number of rotatable bonds is 1. The normalized spacial score (nSPS) is 36.4. The third-order valence-electron chi connectivity index (χ3n) is 5.37. The third kappa shape index (κ3) is 2.86. The smallest absolute Gasteiger partial charge is 0.326 e. The molecule has 118 valence electrons. The number of aliphatic carboxylic acids is 1. The minimum absolute atomic E-state index is 0.139. The summed E-state index contributed by atoms with van der Waals surface area (Å²) in [6.07, 6.45) is 5.44. The van der Waals surface area contributed by atoms with Crippen molar-refractivity contribution in [1.82, 2.24) is 9.80 Å². The average Bonchev–Trinajstić information content (AvgIpc) is 2.88. The van der Waals surface area contributed by atoms with Crippen LogP contribution in [0, 0.1) is 11.8 Å². The zero-order valence-corrected chi connectivity index (χ0v) is 12.3. The molecule has 1 aliphatic carbocycles. The molecular weight excluding hydrogens is 272 g/mol. The topological polar surface area (TPSA) is 81.1 Å². The predicted octanol–water partition coefficient (Wildman–Crippen LogP) is 1.14. The van der Waals surface area contributed by atoms with E-state index in [0.717, 1.165) is 25.4 Å². The van der Waals surface area contributed by atoms with Gasteiger partial charge in [-0.2, -0.15) is 0 Å². The Bertz CT molecular complexity index is 428. The van der Waals surface area contributed by atoms with Gasteiger partial charge in [0.15, 0.2) is 0 Å². The van der Waals surface area contributed by atoms with Gasteiger partial charge in [-0.1, -0.05) is 19.3 Å². The lowest BCUT2D eigenvalue weighted by Gasteiger charge is -2.42. The molecule has 4 unspecified atom stereocenters. The fourth-order valence-corrected chi connectivity index (χ4v) is 4.22. The van der Waals surface area contributed by atoms with Crippen molar-refractivity contribution in [3.63, 3.8) is 0 Å². The summed E-state index contributed by atoms with van der Waals surface area (Å²) in [6, 6.07) is -1.08. The number of nitrogens with zero attached hydrogens (tertiary/aromatic N) is 2. The maximum Gasteiger partial charge on any atom is 0.326 e. The van der Waals surface area contributed by atoms with Gasteiger partial charge in [-0.15, -0.1) is 0 Å². The Morgan fingerprint density at radius 1 is 1.00 bits per heavy atom. The second kappa shape index (κ2) is 5.83. The van der Waals surface area contributed by atoms with Crippen molar-refractivity contribution in [3.05, 3.63) is 0 Å². The Labute approximate surface area is 124 Å². The first-order valence-electron chi connectivity index (χ1n) is 8.02. The van der Waals surface area contributed by atoms with Crippen LogP contribution in [0.2, 0.25) is 0 Å². The van der Waals surface area contributed by atoms with Crippen molar-refractivity contribution in [2.75, 3.05) is 19.6 Å². The first-order valence-corrected chi connectivity index (χ1v) is 8.02. The summed E-state index contributed by atoms with van der Waals surface area (Å²) >= 11 is 0. The molecule has 3 aliphatic rings. The standard InChI is InChI=1S/C15H24N2O4/c18-12-7-13(14(19)20)17(9-12)15(21)16-6-5-10-3-1-2-4-11(10)8-16/h10-13,18H,1-9H2,(H,19,20). The molecule has 0 bridgehead atoms. The molecule has 2 aliphatic heterocycles. The first-order chi connectivity index (χ1) is 10.1. The molecule has 0 aromatic heterocycles. The second-order valence-electron chi connectivity index (χ2n) is 6.72. The van der Waals surface area contributed by atoms with E-state index in [1.165, 1.54) is 30.6 Å². The van der Waals surface area contributed by atoms with Gasteiger partial charge in [0.05, 0.1) is 6.10 Å². The SMILES string of the molecule is O=C(O)C1CC(O)CN1C(=O)N1CCC2CCCCC2C1. The van der Waals surface area contributed by atoms with E-state index in [0.29, 0.717) is 5.92 Å². The van der Waals surface area contributed by atoms with Gasteiger partial charge >= 0.3 is 12.0 Å². The molecule has 3 fully saturated rings. The Kier molecular flexibility index (Phi) is 4.06. The van der Waals surface area contributed by atoms with Crippen LogP contribution in [-0.2, 0) is 4.79 Å². The van der Waals surface area contributed by atoms with E-state index in [-0.39, 0.29) is 19.0 Å². The van der Waals surface area contributed by atoms with Gasteiger partial charge in [0.25, 0.3) is 0 Å². The summed E-state index contributed by atoms with van der Waals surface area (Å²) in [4.78, 5) is 27.0. The van der Waals surface area contributed by atoms with Crippen molar-refractivity contribution >= 4 is 12.0 Å². The van der Waals surface area contributed by atoms with Crippen LogP contribution in [0.5, 0.6) is 0 Å². The highest BCUT2D eigenvalue weighted by Gasteiger charge is 2.42. The Hall–Kier alpha value is -1.30. The molecule has 2 N–H and O–H groups in total. The summed E-state index contributed by atoms with van der Waals surface area (Å²) in [5.41, 5.74) is 0. The first kappa shape index (κ1) is 14.6. The number of carboxylic acids is 1. The monoisotopic (exact) mass is 296 g/mol. The number of fused-ring (bicyclic) bond motifs is 1. The number of carboxylic acid groups (broad SMARTS) is 1. The molecule has 0 radical (unpaired) electrons. The highest BCUT2D eigenvalue weighted by Crippen LogP contribution is 2.36. The van der Waals surface area contributed by atoms with Gasteiger partial charge in [-0.3, -0.25) is 0 Å². The number of carbonyl (C=O) groups excluding carboxylic acids is 1. The lowest BCUT2D eigenvalue weighted by molar-refractivity contribution is -0.141. The molecule has 3 rings (SSSR count). The Morgan fingerprint density at radius 3 is 2.43 bits per heavy atom. The molecular formula is C15H24N2O4. The number of hydrogen-bond donors (Lipinski definition) is 2. The van der Waals surface area contributed by atoms with E-state index in [4.69, 9.17) is 0 Å². The Balaban J connectivity index is 1.66. The molecule has 6 heteroatoms. The van der Waals surface area contributed by atoms with Crippen LogP contribution in [0.15, 0.2) is 0 Å². The van der Waals surface area contributed by atoms with Gasteiger partial charge in [-0.05, 0) is 24.7 Å². The van der Waals surface area contributed by atoms with Crippen molar-refractivity contribution in [3.8, 4) is 0 Å². The maximum absolute atomic E-state index is 12.6. The lowest BCUT2D eigenvalue weighted by atomic mass is 9.75. The fraction of sp³-hybridized carbons (Fsp3) is 0.867. The summed E-state index contributed by atoms with van der Waals surface area (Å²) in [5.74, 6) is 0.293. The van der Waals surface area contributed by atoms with E-state index in [1.807, 2.05) is 0 Å². The molecule has 0 aromatic rings. The highest BCUT2D eigenvalue weighted by molar-refractivity contribution is 5.83. The van der Waals surface area contributed by atoms with Crippen molar-refractivity contribution in [2.45, 2.75) is 50.7 Å². The second-order valence-corrected chi connectivity index (χ2v) is 6.72.